The number of piperazine rings is 1. The minimum Gasteiger partial charge on any atom is -0.353 e. The monoisotopic (exact) mass is 463 g/mol. The number of rotatable bonds is 9. The van der Waals surface area contributed by atoms with Gasteiger partial charge in [0.05, 0.1) is 5.69 Å². The molecule has 0 bridgehead atoms. The zero-order valence-corrected chi connectivity index (χ0v) is 20.7. The van der Waals surface area contributed by atoms with Crippen molar-refractivity contribution in [2.45, 2.75) is 64.7 Å². The third-order valence-electron chi connectivity index (χ3n) is 7.22. The summed E-state index contributed by atoms with van der Waals surface area (Å²) >= 11 is 2.03. The van der Waals surface area contributed by atoms with Crippen LogP contribution in [0.5, 0.6) is 0 Å². The maximum Gasteiger partial charge on any atom is 0.221 e. The van der Waals surface area contributed by atoms with Gasteiger partial charge >= 0.3 is 0 Å². The molecule has 0 aromatic carbocycles. The van der Waals surface area contributed by atoms with E-state index in [4.69, 9.17) is 0 Å². The summed E-state index contributed by atoms with van der Waals surface area (Å²) in [6.45, 7) is 13.9. The van der Waals surface area contributed by atoms with Gasteiger partial charge in [-0.25, -0.2) is 0 Å². The molecular formula is C23H41N7OS. The molecule has 9 heteroatoms. The Bertz CT molecular complexity index is 713. The maximum atomic E-state index is 12.5. The molecule has 1 aliphatic carbocycles. The highest BCUT2D eigenvalue weighted by atomic mass is 32.2. The van der Waals surface area contributed by atoms with Gasteiger partial charge in [-0.3, -0.25) is 19.3 Å². The molecule has 1 amide bonds. The van der Waals surface area contributed by atoms with E-state index in [9.17, 15) is 4.79 Å². The molecular weight excluding hydrogens is 422 g/mol. The van der Waals surface area contributed by atoms with Crippen molar-refractivity contribution in [1.82, 2.24) is 35.0 Å². The molecule has 0 radical (unpaired) electrons. The van der Waals surface area contributed by atoms with Crippen molar-refractivity contribution in [2.24, 2.45) is 5.92 Å². The van der Waals surface area contributed by atoms with Gasteiger partial charge in [-0.2, -0.15) is 11.8 Å². The lowest BCUT2D eigenvalue weighted by Gasteiger charge is -2.36. The normalized spacial score (nSPS) is 26.1. The van der Waals surface area contributed by atoms with Crippen LogP contribution in [0.15, 0.2) is 6.20 Å². The Balaban J connectivity index is 1.12. The summed E-state index contributed by atoms with van der Waals surface area (Å²) in [5, 5.41) is 12.0. The fourth-order valence-corrected chi connectivity index (χ4v) is 6.17. The Kier molecular flexibility index (Phi) is 8.85. The van der Waals surface area contributed by atoms with Gasteiger partial charge in [0.25, 0.3) is 0 Å². The van der Waals surface area contributed by atoms with E-state index in [1.165, 1.54) is 11.5 Å². The number of nitrogens with one attached hydrogen (secondary N) is 1. The van der Waals surface area contributed by atoms with E-state index >= 15 is 0 Å². The quantitative estimate of drug-likeness (QED) is 0.596. The third-order valence-corrected chi connectivity index (χ3v) is 8.16. The molecule has 180 valence electrons. The molecule has 1 N–H and O–H groups in total. The molecule has 2 aliphatic heterocycles. The number of amides is 1. The molecule has 2 saturated heterocycles. The lowest BCUT2D eigenvalue weighted by atomic mass is 10.1. The average Bonchev–Trinajstić information content (AvgIpc) is 3.42. The largest absolute Gasteiger partial charge is 0.353 e. The minimum atomic E-state index is 0.213. The van der Waals surface area contributed by atoms with E-state index < -0.39 is 0 Å². The van der Waals surface area contributed by atoms with Crippen molar-refractivity contribution < 1.29 is 4.79 Å². The van der Waals surface area contributed by atoms with E-state index in [-0.39, 0.29) is 5.91 Å². The second kappa shape index (κ2) is 11.8. The summed E-state index contributed by atoms with van der Waals surface area (Å²) in [6, 6.07) is 0.938. The molecule has 1 aromatic rings. The van der Waals surface area contributed by atoms with Gasteiger partial charge in [0.1, 0.15) is 0 Å². The smallest absolute Gasteiger partial charge is 0.221 e. The van der Waals surface area contributed by atoms with Gasteiger partial charge in [-0.15, -0.1) is 5.10 Å². The lowest BCUT2D eigenvalue weighted by molar-refractivity contribution is -0.122. The number of thioether (sulfide) groups is 1. The van der Waals surface area contributed by atoms with Crippen molar-refractivity contribution in [1.29, 1.82) is 0 Å². The fraction of sp³-hybridized carbons (Fsp3) is 0.870. The predicted octanol–water partition coefficient (Wildman–Crippen LogP) is 1.53. The Hall–Kier alpha value is -1.16. The summed E-state index contributed by atoms with van der Waals surface area (Å²) in [6.07, 6.45) is 6.02. The van der Waals surface area contributed by atoms with Crippen molar-refractivity contribution in [3.05, 3.63) is 11.9 Å². The van der Waals surface area contributed by atoms with Gasteiger partial charge in [-0.05, 0) is 39.0 Å². The number of aromatic nitrogens is 3. The highest BCUT2D eigenvalue weighted by Gasteiger charge is 2.27. The van der Waals surface area contributed by atoms with Crippen LogP contribution in [0.3, 0.4) is 0 Å². The van der Waals surface area contributed by atoms with E-state index in [1.807, 2.05) is 16.4 Å². The lowest BCUT2D eigenvalue weighted by Crippen LogP contribution is -2.49. The van der Waals surface area contributed by atoms with E-state index in [1.54, 1.807) is 0 Å². The predicted molar refractivity (Wildman–Crippen MR) is 130 cm³/mol. The fourth-order valence-electron chi connectivity index (χ4n) is 5.19. The van der Waals surface area contributed by atoms with Gasteiger partial charge in [-0.1, -0.05) is 5.21 Å². The molecule has 1 aromatic heterocycles. The molecule has 3 fully saturated rings. The summed E-state index contributed by atoms with van der Waals surface area (Å²) in [7, 11) is 0. The van der Waals surface area contributed by atoms with Gasteiger partial charge in [0.15, 0.2) is 0 Å². The molecule has 0 spiro atoms. The number of nitrogens with zero attached hydrogens (tertiary/aromatic N) is 6. The standard InChI is InChI=1S/C23H41N7OS/c1-19(2)29-9-7-27(8-10-29)6-5-23(31)24-21-4-3-20(15-21)16-30-18-22(25-26-30)17-28-11-13-32-14-12-28/h18-21H,3-17H2,1-2H3,(H,24,31)/t20-,21+/m0/s1. The van der Waals surface area contributed by atoms with E-state index in [0.717, 1.165) is 83.9 Å². The first-order valence-corrected chi connectivity index (χ1v) is 13.7. The molecule has 2 atom stereocenters. The van der Waals surface area contributed by atoms with Crippen LogP contribution in [-0.4, -0.2) is 105 Å². The zero-order valence-electron chi connectivity index (χ0n) is 19.9. The Morgan fingerprint density at radius 1 is 1.12 bits per heavy atom. The van der Waals surface area contributed by atoms with Crippen molar-refractivity contribution in [3.63, 3.8) is 0 Å². The summed E-state index contributed by atoms with van der Waals surface area (Å²) in [5.74, 6) is 3.23. The number of hydrogen-bond acceptors (Lipinski definition) is 7. The first-order valence-electron chi connectivity index (χ1n) is 12.5. The van der Waals surface area contributed by atoms with Crippen molar-refractivity contribution in [2.75, 3.05) is 57.3 Å². The SMILES string of the molecule is CC(C)N1CCN(CCC(=O)N[C@@H]2CC[C@H](Cn3cc(CN4CCSCC4)nn3)C2)CC1. The molecule has 3 aliphatic rings. The number of carbonyl (C=O) groups excluding carboxylic acids is 1. The Morgan fingerprint density at radius 3 is 2.66 bits per heavy atom. The number of carbonyl (C=O) groups is 1. The highest BCUT2D eigenvalue weighted by molar-refractivity contribution is 7.99. The highest BCUT2D eigenvalue weighted by Crippen LogP contribution is 2.27. The molecule has 3 heterocycles. The van der Waals surface area contributed by atoms with Gasteiger partial charge in [0, 0.05) is 95.1 Å². The summed E-state index contributed by atoms with van der Waals surface area (Å²) in [4.78, 5) is 19.9. The molecule has 8 nitrogen and oxygen atoms in total. The summed E-state index contributed by atoms with van der Waals surface area (Å²) < 4.78 is 2.01. The molecule has 0 unspecified atom stereocenters. The summed E-state index contributed by atoms with van der Waals surface area (Å²) in [5.41, 5.74) is 1.08. The van der Waals surface area contributed by atoms with E-state index in [0.29, 0.717) is 24.4 Å². The van der Waals surface area contributed by atoms with E-state index in [2.05, 4.69) is 50.4 Å². The Morgan fingerprint density at radius 2 is 1.91 bits per heavy atom. The van der Waals surface area contributed by atoms with Crippen LogP contribution in [0, 0.1) is 5.92 Å². The van der Waals surface area contributed by atoms with Crippen LogP contribution < -0.4 is 5.32 Å². The van der Waals surface area contributed by atoms with Crippen LogP contribution in [0.1, 0.15) is 45.2 Å². The van der Waals surface area contributed by atoms with Crippen LogP contribution in [0.4, 0.5) is 0 Å². The second-order valence-corrected chi connectivity index (χ2v) is 11.2. The van der Waals surface area contributed by atoms with Gasteiger partial charge in [0.2, 0.25) is 5.91 Å². The first-order chi connectivity index (χ1) is 15.5. The average molecular weight is 464 g/mol. The third kappa shape index (κ3) is 7.17. The molecule has 4 rings (SSSR count). The van der Waals surface area contributed by atoms with Crippen LogP contribution in [0.25, 0.3) is 0 Å². The molecule has 1 saturated carbocycles. The Labute approximate surface area is 197 Å². The number of hydrogen-bond donors (Lipinski definition) is 1. The van der Waals surface area contributed by atoms with Crippen molar-refractivity contribution in [3.8, 4) is 0 Å². The van der Waals surface area contributed by atoms with Crippen LogP contribution in [0.2, 0.25) is 0 Å². The van der Waals surface area contributed by atoms with Crippen molar-refractivity contribution >= 4 is 17.7 Å². The molecule has 32 heavy (non-hydrogen) atoms. The van der Waals surface area contributed by atoms with Gasteiger partial charge < -0.3 is 10.2 Å². The zero-order chi connectivity index (χ0) is 22.3. The minimum absolute atomic E-state index is 0.213. The topological polar surface area (TPSA) is 69.5 Å². The van der Waals surface area contributed by atoms with Crippen LogP contribution >= 0.6 is 11.8 Å². The second-order valence-electron chi connectivity index (χ2n) is 9.99. The first kappa shape index (κ1) is 24.0. The maximum absolute atomic E-state index is 12.5. The van der Waals surface area contributed by atoms with Crippen LogP contribution in [-0.2, 0) is 17.9 Å².